The molecule has 0 saturated heterocycles. The summed E-state index contributed by atoms with van der Waals surface area (Å²) < 4.78 is 16.0. The molecule has 0 aliphatic carbocycles. The third kappa shape index (κ3) is 4.91. The van der Waals surface area contributed by atoms with Crippen LogP contribution < -0.4 is 19.5 Å². The second-order valence-electron chi connectivity index (χ2n) is 5.28. The highest BCUT2D eigenvalue weighted by Gasteiger charge is 2.09. The molecule has 5 nitrogen and oxygen atoms in total. The molecule has 0 spiro atoms. The second kappa shape index (κ2) is 8.82. The number of nitrogens with one attached hydrogen (secondary N) is 1. The molecule has 0 atom stereocenters. The number of benzene rings is 2. The van der Waals surface area contributed by atoms with Gasteiger partial charge in [-0.15, -0.1) is 0 Å². The van der Waals surface area contributed by atoms with E-state index in [1.807, 2.05) is 0 Å². The molecule has 0 saturated carbocycles. The zero-order chi connectivity index (χ0) is 17.4. The molecule has 2 aromatic carbocycles. The van der Waals surface area contributed by atoms with Gasteiger partial charge in [0.25, 0.3) is 5.91 Å². The van der Waals surface area contributed by atoms with Crippen molar-refractivity contribution in [2.75, 3.05) is 26.1 Å². The second-order valence-corrected chi connectivity index (χ2v) is 5.28. The van der Waals surface area contributed by atoms with Gasteiger partial charge in [0.05, 0.1) is 20.8 Å². The van der Waals surface area contributed by atoms with Crippen LogP contribution in [0, 0.1) is 0 Å². The van der Waals surface area contributed by atoms with E-state index in [9.17, 15) is 4.79 Å². The molecule has 0 unspecified atom stereocenters. The zero-order valence-corrected chi connectivity index (χ0v) is 14.3. The summed E-state index contributed by atoms with van der Waals surface area (Å²) in [5.41, 5.74) is 1.17. The molecule has 128 valence electrons. The summed E-state index contributed by atoms with van der Waals surface area (Å²) in [6.07, 6.45) is 2.10. The van der Waals surface area contributed by atoms with Gasteiger partial charge < -0.3 is 19.5 Å². The molecule has 0 bridgehead atoms. The van der Waals surface area contributed by atoms with E-state index >= 15 is 0 Å². The highest BCUT2D eigenvalue weighted by atomic mass is 16.5. The van der Waals surface area contributed by atoms with Crippen molar-refractivity contribution < 1.29 is 19.0 Å². The van der Waals surface area contributed by atoms with Crippen LogP contribution in [0.1, 0.15) is 30.1 Å². The van der Waals surface area contributed by atoms with Crippen LogP contribution in [-0.4, -0.2) is 26.7 Å². The predicted molar refractivity (Wildman–Crippen MR) is 94.3 cm³/mol. The Hall–Kier alpha value is -2.69. The number of unbranched alkanes of at least 4 members (excludes halogenated alkanes) is 1. The first-order valence-corrected chi connectivity index (χ1v) is 7.93. The maximum Gasteiger partial charge on any atom is 0.255 e. The van der Waals surface area contributed by atoms with E-state index in [1.54, 1.807) is 56.7 Å². The van der Waals surface area contributed by atoms with E-state index in [4.69, 9.17) is 14.2 Å². The number of rotatable bonds is 8. The molecule has 2 aromatic rings. The minimum atomic E-state index is -0.203. The lowest BCUT2D eigenvalue weighted by Crippen LogP contribution is -2.12. The average Bonchev–Trinajstić information content (AvgIpc) is 2.62. The molecule has 1 N–H and O–H groups in total. The summed E-state index contributed by atoms with van der Waals surface area (Å²) in [5, 5.41) is 2.84. The van der Waals surface area contributed by atoms with Gasteiger partial charge in [-0.05, 0) is 30.7 Å². The topological polar surface area (TPSA) is 56.8 Å². The van der Waals surface area contributed by atoms with Crippen LogP contribution in [0.3, 0.4) is 0 Å². The van der Waals surface area contributed by atoms with Crippen molar-refractivity contribution >= 4 is 11.6 Å². The predicted octanol–water partition coefficient (Wildman–Crippen LogP) is 4.14. The van der Waals surface area contributed by atoms with Gasteiger partial charge in [0.15, 0.2) is 0 Å². The summed E-state index contributed by atoms with van der Waals surface area (Å²) in [7, 11) is 3.13. The average molecular weight is 329 g/mol. The molecule has 0 aromatic heterocycles. The smallest absolute Gasteiger partial charge is 0.255 e. The standard InChI is InChI=1S/C19H23NO4/c1-4-5-10-24-16-8-6-14(7-9-16)19(21)20-15-11-17(22-2)13-18(12-15)23-3/h6-9,11-13H,4-5,10H2,1-3H3,(H,20,21). The largest absolute Gasteiger partial charge is 0.497 e. The fourth-order valence-electron chi connectivity index (χ4n) is 2.12. The molecule has 0 radical (unpaired) electrons. The van der Waals surface area contributed by atoms with Gasteiger partial charge in [0, 0.05) is 29.4 Å². The number of methoxy groups -OCH3 is 2. The van der Waals surface area contributed by atoms with Gasteiger partial charge in [0.1, 0.15) is 17.2 Å². The van der Waals surface area contributed by atoms with Crippen LogP contribution >= 0.6 is 0 Å². The molecule has 1 amide bonds. The number of ether oxygens (including phenoxy) is 3. The number of hydrogen-bond donors (Lipinski definition) is 1. The van der Waals surface area contributed by atoms with Crippen molar-refractivity contribution in [3.63, 3.8) is 0 Å². The van der Waals surface area contributed by atoms with Crippen LogP contribution in [0.2, 0.25) is 0 Å². The number of carbonyl (C=O) groups excluding carboxylic acids is 1. The van der Waals surface area contributed by atoms with E-state index in [1.165, 1.54) is 0 Å². The Labute approximate surface area is 142 Å². The number of anilines is 1. The van der Waals surface area contributed by atoms with Crippen LogP contribution in [0.15, 0.2) is 42.5 Å². The van der Waals surface area contributed by atoms with Crippen molar-refractivity contribution in [1.82, 2.24) is 0 Å². The summed E-state index contributed by atoms with van der Waals surface area (Å²) in [5.74, 6) is 1.79. The highest BCUT2D eigenvalue weighted by molar-refractivity contribution is 6.04. The summed E-state index contributed by atoms with van der Waals surface area (Å²) in [4.78, 5) is 12.4. The van der Waals surface area contributed by atoms with E-state index in [0.29, 0.717) is 29.4 Å². The van der Waals surface area contributed by atoms with Gasteiger partial charge in [-0.1, -0.05) is 13.3 Å². The van der Waals surface area contributed by atoms with Crippen LogP contribution in [0.5, 0.6) is 17.2 Å². The first kappa shape index (κ1) is 17.7. The minimum Gasteiger partial charge on any atom is -0.497 e. The van der Waals surface area contributed by atoms with Gasteiger partial charge >= 0.3 is 0 Å². The lowest BCUT2D eigenvalue weighted by atomic mass is 10.2. The fraction of sp³-hybridized carbons (Fsp3) is 0.316. The Morgan fingerprint density at radius 2 is 1.58 bits per heavy atom. The number of carbonyl (C=O) groups is 1. The molecular weight excluding hydrogens is 306 g/mol. The number of amides is 1. The van der Waals surface area contributed by atoms with Crippen LogP contribution in [-0.2, 0) is 0 Å². The van der Waals surface area contributed by atoms with E-state index in [0.717, 1.165) is 18.6 Å². The van der Waals surface area contributed by atoms with Crippen LogP contribution in [0.4, 0.5) is 5.69 Å². The Balaban J connectivity index is 2.04. The molecule has 24 heavy (non-hydrogen) atoms. The fourth-order valence-corrected chi connectivity index (χ4v) is 2.12. The first-order valence-electron chi connectivity index (χ1n) is 7.93. The normalized spacial score (nSPS) is 10.1. The molecule has 0 heterocycles. The van der Waals surface area contributed by atoms with Gasteiger partial charge in [-0.25, -0.2) is 0 Å². The molecule has 5 heteroatoms. The molecular formula is C19H23NO4. The summed E-state index contributed by atoms with van der Waals surface area (Å²) >= 11 is 0. The molecule has 0 aliphatic rings. The Bertz CT molecular complexity index is 645. The SMILES string of the molecule is CCCCOc1ccc(C(=O)Nc2cc(OC)cc(OC)c2)cc1. The van der Waals surface area contributed by atoms with Crippen molar-refractivity contribution in [2.45, 2.75) is 19.8 Å². The number of hydrogen-bond acceptors (Lipinski definition) is 4. The van der Waals surface area contributed by atoms with E-state index in [2.05, 4.69) is 12.2 Å². The molecule has 0 fully saturated rings. The lowest BCUT2D eigenvalue weighted by molar-refractivity contribution is 0.102. The molecule has 2 rings (SSSR count). The van der Waals surface area contributed by atoms with Gasteiger partial charge in [0.2, 0.25) is 0 Å². The molecule has 0 aliphatic heterocycles. The Morgan fingerprint density at radius 3 is 2.12 bits per heavy atom. The van der Waals surface area contributed by atoms with Crippen molar-refractivity contribution in [3.05, 3.63) is 48.0 Å². The zero-order valence-electron chi connectivity index (χ0n) is 14.3. The summed E-state index contributed by atoms with van der Waals surface area (Å²) in [6, 6.07) is 12.3. The third-order valence-electron chi connectivity index (χ3n) is 3.49. The van der Waals surface area contributed by atoms with Gasteiger partial charge in [-0.2, -0.15) is 0 Å². The maximum absolute atomic E-state index is 12.4. The van der Waals surface area contributed by atoms with Gasteiger partial charge in [-0.3, -0.25) is 4.79 Å². The Morgan fingerprint density at radius 1 is 0.958 bits per heavy atom. The van der Waals surface area contributed by atoms with E-state index < -0.39 is 0 Å². The Kier molecular flexibility index (Phi) is 6.49. The summed E-state index contributed by atoms with van der Waals surface area (Å²) in [6.45, 7) is 2.80. The van der Waals surface area contributed by atoms with E-state index in [-0.39, 0.29) is 5.91 Å². The van der Waals surface area contributed by atoms with Crippen molar-refractivity contribution in [1.29, 1.82) is 0 Å². The highest BCUT2D eigenvalue weighted by Crippen LogP contribution is 2.26. The van der Waals surface area contributed by atoms with Crippen LogP contribution in [0.25, 0.3) is 0 Å². The first-order chi connectivity index (χ1) is 11.7. The quantitative estimate of drug-likeness (QED) is 0.740. The third-order valence-corrected chi connectivity index (χ3v) is 3.49. The minimum absolute atomic E-state index is 0.203. The lowest BCUT2D eigenvalue weighted by Gasteiger charge is -2.10. The van der Waals surface area contributed by atoms with Crippen molar-refractivity contribution in [2.24, 2.45) is 0 Å². The van der Waals surface area contributed by atoms with Crippen molar-refractivity contribution in [3.8, 4) is 17.2 Å². The monoisotopic (exact) mass is 329 g/mol. The maximum atomic E-state index is 12.4.